The van der Waals surface area contributed by atoms with E-state index in [0.717, 1.165) is 0 Å². The molecule has 1 aliphatic carbocycles. The van der Waals surface area contributed by atoms with Crippen molar-refractivity contribution in [2.24, 2.45) is 0 Å². The second-order valence-electron chi connectivity index (χ2n) is 3.61. The van der Waals surface area contributed by atoms with Crippen LogP contribution in [0.15, 0.2) is 48.6 Å². The predicted octanol–water partition coefficient (Wildman–Crippen LogP) is 4.06. The minimum absolute atomic E-state index is 1.31. The predicted molar refractivity (Wildman–Crippen MR) is 62.9 cm³/mol. The van der Waals surface area contributed by atoms with Gasteiger partial charge in [-0.15, -0.1) is 0 Å². The first-order valence-electron chi connectivity index (χ1n) is 4.86. The highest BCUT2D eigenvalue weighted by Gasteiger charge is 2.18. The average molecular weight is 182 g/mol. The summed E-state index contributed by atoms with van der Waals surface area (Å²) in [6, 6.07) is 8.52. The molecule has 0 saturated heterocycles. The number of hydrogen-bond donors (Lipinski definition) is 0. The minimum atomic E-state index is 1.31. The van der Waals surface area contributed by atoms with Gasteiger partial charge in [-0.3, -0.25) is 0 Å². The first-order valence-corrected chi connectivity index (χ1v) is 4.86. The van der Waals surface area contributed by atoms with E-state index < -0.39 is 0 Å². The summed E-state index contributed by atoms with van der Waals surface area (Å²) in [5, 5.41) is 0. The van der Waals surface area contributed by atoms with Gasteiger partial charge in [-0.25, -0.2) is 0 Å². The van der Waals surface area contributed by atoms with E-state index in [1.165, 1.54) is 27.8 Å². The fraction of sp³-hybridized carbons (Fsp3) is 0.143. The lowest BCUT2D eigenvalue weighted by Crippen LogP contribution is -1.80. The van der Waals surface area contributed by atoms with Crippen LogP contribution >= 0.6 is 0 Å². The Hall–Kier alpha value is -1.56. The van der Waals surface area contributed by atoms with Crippen LogP contribution in [0.2, 0.25) is 0 Å². The zero-order valence-electron chi connectivity index (χ0n) is 8.67. The molecule has 1 aromatic rings. The third-order valence-corrected chi connectivity index (χ3v) is 2.87. The molecule has 0 saturated carbocycles. The largest absolute Gasteiger partial charge is 0.0990 e. The highest BCUT2D eigenvalue weighted by molar-refractivity contribution is 5.99. The highest BCUT2D eigenvalue weighted by atomic mass is 14.2. The van der Waals surface area contributed by atoms with E-state index in [4.69, 9.17) is 0 Å². The van der Waals surface area contributed by atoms with Crippen molar-refractivity contribution < 1.29 is 0 Å². The molecule has 1 aromatic carbocycles. The number of allylic oxidation sites excluding steroid dienone is 5. The van der Waals surface area contributed by atoms with Gasteiger partial charge in [-0.2, -0.15) is 0 Å². The van der Waals surface area contributed by atoms with Crippen LogP contribution in [-0.4, -0.2) is 0 Å². The molecule has 0 N–H and O–H groups in total. The van der Waals surface area contributed by atoms with Crippen molar-refractivity contribution in [2.45, 2.75) is 13.8 Å². The number of fused-ring (bicyclic) bond motifs is 1. The van der Waals surface area contributed by atoms with Crippen LogP contribution in [0.1, 0.15) is 25.0 Å². The molecule has 0 aliphatic heterocycles. The van der Waals surface area contributed by atoms with Crippen LogP contribution in [-0.2, 0) is 0 Å². The lowest BCUT2D eigenvalue weighted by Gasteiger charge is -2.01. The standard InChI is InChI=1S/C14H14/c1-4-7-12-10(2)11(3)13-8-5-6-9-14(12)13/h4-9H,1H2,2-3H3/b12-7+. The van der Waals surface area contributed by atoms with E-state index in [1.54, 1.807) is 0 Å². The van der Waals surface area contributed by atoms with Gasteiger partial charge in [0.25, 0.3) is 0 Å². The summed E-state index contributed by atoms with van der Waals surface area (Å²) in [5.74, 6) is 0. The maximum atomic E-state index is 3.76. The SMILES string of the molecule is C=C/C=C1\C(C)=C(C)c2ccccc21. The molecule has 14 heavy (non-hydrogen) atoms. The molecular weight excluding hydrogens is 168 g/mol. The van der Waals surface area contributed by atoms with E-state index in [1.807, 2.05) is 6.08 Å². The molecule has 0 atom stereocenters. The minimum Gasteiger partial charge on any atom is -0.0990 e. The molecule has 0 amide bonds. The Labute approximate surface area is 85.3 Å². The van der Waals surface area contributed by atoms with Crippen LogP contribution in [0.5, 0.6) is 0 Å². The number of rotatable bonds is 1. The fourth-order valence-electron chi connectivity index (χ4n) is 1.98. The monoisotopic (exact) mass is 182 g/mol. The van der Waals surface area contributed by atoms with Gasteiger partial charge >= 0.3 is 0 Å². The Balaban J connectivity index is 2.70. The first-order chi connectivity index (χ1) is 6.75. The zero-order valence-corrected chi connectivity index (χ0v) is 8.67. The Morgan fingerprint density at radius 3 is 2.29 bits per heavy atom. The van der Waals surface area contributed by atoms with Crippen LogP contribution in [0.4, 0.5) is 0 Å². The summed E-state index contributed by atoms with van der Waals surface area (Å²) in [4.78, 5) is 0. The van der Waals surface area contributed by atoms with Gasteiger partial charge in [0.05, 0.1) is 0 Å². The molecule has 1 aliphatic rings. The summed E-state index contributed by atoms with van der Waals surface area (Å²) < 4.78 is 0. The van der Waals surface area contributed by atoms with Gasteiger partial charge in [0, 0.05) is 0 Å². The third kappa shape index (κ3) is 1.15. The quantitative estimate of drug-likeness (QED) is 0.614. The van der Waals surface area contributed by atoms with Gasteiger partial charge in [-0.1, -0.05) is 43.0 Å². The summed E-state index contributed by atoms with van der Waals surface area (Å²) >= 11 is 0. The molecule has 0 aromatic heterocycles. The van der Waals surface area contributed by atoms with E-state index in [-0.39, 0.29) is 0 Å². The van der Waals surface area contributed by atoms with Crippen molar-refractivity contribution in [3.05, 3.63) is 59.7 Å². The zero-order chi connectivity index (χ0) is 10.1. The molecule has 0 radical (unpaired) electrons. The van der Waals surface area contributed by atoms with Crippen LogP contribution in [0.25, 0.3) is 11.1 Å². The highest BCUT2D eigenvalue weighted by Crippen LogP contribution is 2.40. The molecule has 0 heterocycles. The van der Waals surface area contributed by atoms with E-state index in [0.29, 0.717) is 0 Å². The van der Waals surface area contributed by atoms with E-state index in [2.05, 4.69) is 50.8 Å². The molecule has 0 heteroatoms. The maximum absolute atomic E-state index is 3.76. The lowest BCUT2D eigenvalue weighted by atomic mass is 10.0. The Kier molecular flexibility index (Phi) is 2.12. The Morgan fingerprint density at radius 2 is 1.64 bits per heavy atom. The van der Waals surface area contributed by atoms with Crippen molar-refractivity contribution in [3.63, 3.8) is 0 Å². The molecule has 0 unspecified atom stereocenters. The third-order valence-electron chi connectivity index (χ3n) is 2.87. The summed E-state index contributed by atoms with van der Waals surface area (Å²) in [7, 11) is 0. The number of hydrogen-bond acceptors (Lipinski definition) is 0. The molecule has 0 bridgehead atoms. The molecule has 70 valence electrons. The molecule has 2 rings (SSSR count). The Bertz CT molecular complexity index is 445. The molecular formula is C14H14. The van der Waals surface area contributed by atoms with Gasteiger partial charge in [0.15, 0.2) is 0 Å². The van der Waals surface area contributed by atoms with Gasteiger partial charge in [-0.05, 0) is 41.7 Å². The second-order valence-corrected chi connectivity index (χ2v) is 3.61. The van der Waals surface area contributed by atoms with Crippen molar-refractivity contribution in [1.82, 2.24) is 0 Å². The van der Waals surface area contributed by atoms with Crippen LogP contribution in [0.3, 0.4) is 0 Å². The van der Waals surface area contributed by atoms with Gasteiger partial charge in [0.1, 0.15) is 0 Å². The van der Waals surface area contributed by atoms with E-state index >= 15 is 0 Å². The summed E-state index contributed by atoms with van der Waals surface area (Å²) in [6.07, 6.45) is 3.94. The van der Waals surface area contributed by atoms with Crippen LogP contribution < -0.4 is 0 Å². The molecule has 0 spiro atoms. The normalized spacial score (nSPS) is 17.4. The second kappa shape index (κ2) is 3.30. The first kappa shape index (κ1) is 9.01. The fourth-order valence-corrected chi connectivity index (χ4v) is 1.98. The summed E-state index contributed by atoms with van der Waals surface area (Å²) in [5.41, 5.74) is 6.76. The molecule has 0 fully saturated rings. The van der Waals surface area contributed by atoms with Gasteiger partial charge < -0.3 is 0 Å². The summed E-state index contributed by atoms with van der Waals surface area (Å²) in [6.45, 7) is 8.11. The molecule has 0 nitrogen and oxygen atoms in total. The Morgan fingerprint density at radius 1 is 1.00 bits per heavy atom. The van der Waals surface area contributed by atoms with Crippen LogP contribution in [0, 0.1) is 0 Å². The maximum Gasteiger partial charge on any atom is -0.0106 e. The number of benzene rings is 1. The average Bonchev–Trinajstić information content (AvgIpc) is 2.45. The van der Waals surface area contributed by atoms with Crippen molar-refractivity contribution in [3.8, 4) is 0 Å². The van der Waals surface area contributed by atoms with E-state index in [9.17, 15) is 0 Å². The topological polar surface area (TPSA) is 0 Å². The van der Waals surface area contributed by atoms with Gasteiger partial charge in [0.2, 0.25) is 0 Å². The lowest BCUT2D eigenvalue weighted by molar-refractivity contribution is 1.55. The van der Waals surface area contributed by atoms with Crippen molar-refractivity contribution in [1.29, 1.82) is 0 Å². The smallest absolute Gasteiger partial charge is 0.0106 e. The van der Waals surface area contributed by atoms with Crippen molar-refractivity contribution in [2.75, 3.05) is 0 Å². The van der Waals surface area contributed by atoms with Crippen molar-refractivity contribution >= 4 is 11.1 Å².